The highest BCUT2D eigenvalue weighted by Gasteiger charge is 2.62. The van der Waals surface area contributed by atoms with Crippen LogP contribution in [0.4, 0.5) is 30.7 Å². The van der Waals surface area contributed by atoms with Gasteiger partial charge in [-0.1, -0.05) is 11.6 Å². The standard InChI is InChI=1S/C9H5ClF7N.ClH/c10-6-4(12)2-1-3(11)5(6)7(18)8(13,14)9(15,16)17;/h1-2,7H,18H2;1H/t7-;/m0./s1. The molecule has 2 N–H and O–H groups in total. The minimum Gasteiger partial charge on any atom is -0.319 e. The summed E-state index contributed by atoms with van der Waals surface area (Å²) in [7, 11) is 0. The van der Waals surface area contributed by atoms with Crippen LogP contribution in [0, 0.1) is 11.6 Å². The number of rotatable bonds is 2. The van der Waals surface area contributed by atoms with E-state index in [2.05, 4.69) is 5.73 Å². The van der Waals surface area contributed by atoms with E-state index in [0.717, 1.165) is 0 Å². The van der Waals surface area contributed by atoms with Crippen molar-refractivity contribution in [2.75, 3.05) is 0 Å². The van der Waals surface area contributed by atoms with Crippen LogP contribution in [-0.2, 0) is 0 Å². The molecule has 0 fully saturated rings. The van der Waals surface area contributed by atoms with E-state index in [1.807, 2.05) is 0 Å². The summed E-state index contributed by atoms with van der Waals surface area (Å²) in [6.07, 6.45) is -6.01. The predicted octanol–water partition coefficient (Wildman–Crippen LogP) is 4.24. The molecule has 1 aromatic rings. The molecule has 1 nitrogen and oxygen atoms in total. The average molecular weight is 332 g/mol. The Bertz CT molecular complexity index is 461. The molecule has 0 aliphatic rings. The molecule has 0 amide bonds. The number of alkyl halides is 5. The van der Waals surface area contributed by atoms with Gasteiger partial charge in [0, 0.05) is 5.56 Å². The summed E-state index contributed by atoms with van der Waals surface area (Å²) in [6.45, 7) is 0. The quantitative estimate of drug-likeness (QED) is 0.636. The second kappa shape index (κ2) is 5.72. The van der Waals surface area contributed by atoms with Gasteiger partial charge in [-0.3, -0.25) is 0 Å². The van der Waals surface area contributed by atoms with Crippen LogP contribution >= 0.6 is 24.0 Å². The van der Waals surface area contributed by atoms with Crippen LogP contribution in [-0.4, -0.2) is 12.1 Å². The van der Waals surface area contributed by atoms with Crippen molar-refractivity contribution in [1.82, 2.24) is 0 Å². The first-order chi connectivity index (χ1) is 8.00. The molecule has 0 saturated carbocycles. The first-order valence-corrected chi connectivity index (χ1v) is 4.71. The fraction of sp³-hybridized carbons (Fsp3) is 0.333. The maximum Gasteiger partial charge on any atom is 0.455 e. The lowest BCUT2D eigenvalue weighted by Gasteiger charge is -2.26. The molecule has 110 valence electrons. The van der Waals surface area contributed by atoms with Crippen molar-refractivity contribution < 1.29 is 30.7 Å². The minimum absolute atomic E-state index is 0. The van der Waals surface area contributed by atoms with Gasteiger partial charge < -0.3 is 5.73 Å². The van der Waals surface area contributed by atoms with Gasteiger partial charge in [-0.05, 0) is 12.1 Å². The normalized spacial score (nSPS) is 13.9. The summed E-state index contributed by atoms with van der Waals surface area (Å²) in [4.78, 5) is 0. The summed E-state index contributed by atoms with van der Waals surface area (Å²) in [5.74, 6) is -8.33. The zero-order valence-corrected chi connectivity index (χ0v) is 10.3. The zero-order valence-electron chi connectivity index (χ0n) is 8.74. The van der Waals surface area contributed by atoms with Crippen LogP contribution in [0.2, 0.25) is 5.02 Å². The van der Waals surface area contributed by atoms with Crippen molar-refractivity contribution in [3.05, 3.63) is 34.4 Å². The minimum atomic E-state index is -6.01. The second-order valence-electron chi connectivity index (χ2n) is 3.36. The number of benzene rings is 1. The highest BCUT2D eigenvalue weighted by molar-refractivity contribution is 6.31. The molecule has 19 heavy (non-hydrogen) atoms. The van der Waals surface area contributed by atoms with E-state index < -0.39 is 40.4 Å². The van der Waals surface area contributed by atoms with Crippen LogP contribution in [0.5, 0.6) is 0 Å². The van der Waals surface area contributed by atoms with E-state index in [9.17, 15) is 30.7 Å². The monoisotopic (exact) mass is 331 g/mol. The van der Waals surface area contributed by atoms with Gasteiger partial charge in [-0.15, -0.1) is 12.4 Å². The second-order valence-corrected chi connectivity index (χ2v) is 3.73. The fourth-order valence-electron chi connectivity index (χ4n) is 1.19. The Morgan fingerprint density at radius 1 is 1.00 bits per heavy atom. The van der Waals surface area contributed by atoms with Crippen molar-refractivity contribution in [2.45, 2.75) is 18.1 Å². The van der Waals surface area contributed by atoms with Gasteiger partial charge in [-0.25, -0.2) is 8.78 Å². The third kappa shape index (κ3) is 3.24. The Labute approximate surface area is 113 Å². The van der Waals surface area contributed by atoms with Gasteiger partial charge in [0.25, 0.3) is 0 Å². The van der Waals surface area contributed by atoms with E-state index in [0.29, 0.717) is 12.1 Å². The van der Waals surface area contributed by atoms with Crippen molar-refractivity contribution in [3.8, 4) is 0 Å². The van der Waals surface area contributed by atoms with Crippen LogP contribution in [0.15, 0.2) is 12.1 Å². The van der Waals surface area contributed by atoms with E-state index in [1.54, 1.807) is 0 Å². The Hall–Kier alpha value is -0.730. The van der Waals surface area contributed by atoms with Crippen molar-refractivity contribution in [2.24, 2.45) is 5.73 Å². The fourth-order valence-corrected chi connectivity index (χ4v) is 1.46. The number of halogens is 9. The number of hydrogen-bond acceptors (Lipinski definition) is 1. The SMILES string of the molecule is Cl.N[C@@H](c1c(F)ccc(F)c1Cl)C(F)(F)C(F)(F)F. The summed E-state index contributed by atoms with van der Waals surface area (Å²) < 4.78 is 88.0. The summed E-state index contributed by atoms with van der Waals surface area (Å²) in [6, 6.07) is -2.29. The van der Waals surface area contributed by atoms with Crippen LogP contribution in [0.25, 0.3) is 0 Å². The summed E-state index contributed by atoms with van der Waals surface area (Å²) >= 11 is 5.15. The highest BCUT2D eigenvalue weighted by atomic mass is 35.5. The topological polar surface area (TPSA) is 26.0 Å². The van der Waals surface area contributed by atoms with Crippen LogP contribution in [0.3, 0.4) is 0 Å². The highest BCUT2D eigenvalue weighted by Crippen LogP contribution is 2.45. The van der Waals surface area contributed by atoms with E-state index >= 15 is 0 Å². The van der Waals surface area contributed by atoms with Gasteiger partial charge in [-0.2, -0.15) is 22.0 Å². The maximum absolute atomic E-state index is 13.2. The Balaban J connectivity index is 0.00000324. The van der Waals surface area contributed by atoms with Gasteiger partial charge in [0.2, 0.25) is 0 Å². The largest absolute Gasteiger partial charge is 0.455 e. The zero-order chi connectivity index (χ0) is 14.3. The lowest BCUT2D eigenvalue weighted by atomic mass is 10.00. The van der Waals surface area contributed by atoms with Crippen molar-refractivity contribution in [3.63, 3.8) is 0 Å². The molecule has 0 aliphatic heterocycles. The molecular weight excluding hydrogens is 326 g/mol. The lowest BCUT2D eigenvalue weighted by Crippen LogP contribution is -2.46. The van der Waals surface area contributed by atoms with E-state index in [-0.39, 0.29) is 12.4 Å². The maximum atomic E-state index is 13.2. The molecule has 0 aromatic heterocycles. The predicted molar refractivity (Wildman–Crippen MR) is 56.5 cm³/mol. The smallest absolute Gasteiger partial charge is 0.319 e. The van der Waals surface area contributed by atoms with Crippen molar-refractivity contribution >= 4 is 24.0 Å². The number of hydrogen-bond donors (Lipinski definition) is 1. The van der Waals surface area contributed by atoms with Gasteiger partial charge in [0.1, 0.15) is 17.7 Å². The first-order valence-electron chi connectivity index (χ1n) is 4.33. The van der Waals surface area contributed by atoms with E-state index in [1.165, 1.54) is 0 Å². The molecule has 1 rings (SSSR count). The Morgan fingerprint density at radius 2 is 1.42 bits per heavy atom. The molecule has 0 saturated heterocycles. The molecular formula is C9H6Cl2F7N. The third-order valence-corrected chi connectivity index (χ3v) is 2.54. The van der Waals surface area contributed by atoms with Gasteiger partial charge in [0.05, 0.1) is 5.02 Å². The average Bonchev–Trinajstić information content (AvgIpc) is 2.22. The molecule has 0 heterocycles. The Morgan fingerprint density at radius 3 is 1.84 bits per heavy atom. The Kier molecular flexibility index (Phi) is 5.50. The molecule has 0 unspecified atom stereocenters. The molecule has 0 bridgehead atoms. The molecule has 10 heteroatoms. The molecule has 0 radical (unpaired) electrons. The third-order valence-electron chi connectivity index (χ3n) is 2.16. The molecule has 0 spiro atoms. The lowest BCUT2D eigenvalue weighted by molar-refractivity contribution is -0.291. The summed E-state index contributed by atoms with van der Waals surface area (Å²) in [5.41, 5.74) is 3.25. The van der Waals surface area contributed by atoms with Crippen LogP contribution in [0.1, 0.15) is 11.6 Å². The van der Waals surface area contributed by atoms with Crippen molar-refractivity contribution in [1.29, 1.82) is 0 Å². The molecule has 1 aromatic carbocycles. The summed E-state index contributed by atoms with van der Waals surface area (Å²) in [5, 5.41) is -1.20. The molecule has 1 atom stereocenters. The van der Waals surface area contributed by atoms with Crippen LogP contribution < -0.4 is 5.73 Å². The number of nitrogens with two attached hydrogens (primary N) is 1. The van der Waals surface area contributed by atoms with Gasteiger partial charge in [0.15, 0.2) is 0 Å². The van der Waals surface area contributed by atoms with Gasteiger partial charge >= 0.3 is 12.1 Å². The van der Waals surface area contributed by atoms with E-state index in [4.69, 9.17) is 11.6 Å². The first kappa shape index (κ1) is 18.3. The molecule has 0 aliphatic carbocycles.